The quantitative estimate of drug-likeness (QED) is 0.725. The molecule has 0 bridgehead atoms. The first-order chi connectivity index (χ1) is 9.17. The van der Waals surface area contributed by atoms with Gasteiger partial charge in [0.05, 0.1) is 12.0 Å². The van der Waals surface area contributed by atoms with E-state index in [1.165, 1.54) is 12.8 Å². The molecule has 1 aliphatic rings. The highest BCUT2D eigenvalue weighted by Gasteiger charge is 2.22. The second-order valence-electron chi connectivity index (χ2n) is 5.56. The Bertz CT molecular complexity index is 311. The fourth-order valence-corrected chi connectivity index (χ4v) is 2.53. The molecular formula is C15H27N3O. The van der Waals surface area contributed by atoms with Gasteiger partial charge >= 0.3 is 0 Å². The Labute approximate surface area is 116 Å². The monoisotopic (exact) mass is 265 g/mol. The zero-order chi connectivity index (χ0) is 14.1. The fraction of sp³-hybridized carbons (Fsp3) is 0.867. The van der Waals surface area contributed by atoms with Crippen LogP contribution in [0.25, 0.3) is 0 Å². The minimum absolute atomic E-state index is 0.101. The van der Waals surface area contributed by atoms with Crippen LogP contribution in [0.3, 0.4) is 0 Å². The number of carbonyl (C=O) groups excluding carboxylic acids is 1. The van der Waals surface area contributed by atoms with Crippen molar-refractivity contribution in [3.8, 4) is 6.07 Å². The van der Waals surface area contributed by atoms with Gasteiger partial charge < -0.3 is 10.6 Å². The van der Waals surface area contributed by atoms with Gasteiger partial charge in [0, 0.05) is 25.0 Å². The van der Waals surface area contributed by atoms with Crippen molar-refractivity contribution >= 4 is 5.91 Å². The molecule has 3 unspecified atom stereocenters. The number of rotatable bonds is 6. The highest BCUT2D eigenvalue weighted by molar-refractivity contribution is 5.76. The van der Waals surface area contributed by atoms with Crippen molar-refractivity contribution in [2.75, 3.05) is 6.54 Å². The number of nitriles is 1. The number of hydrogen-bond donors (Lipinski definition) is 2. The topological polar surface area (TPSA) is 64.9 Å². The Morgan fingerprint density at radius 3 is 2.79 bits per heavy atom. The summed E-state index contributed by atoms with van der Waals surface area (Å²) in [4.78, 5) is 11.7. The van der Waals surface area contributed by atoms with Crippen molar-refractivity contribution in [2.24, 2.45) is 5.92 Å². The van der Waals surface area contributed by atoms with E-state index in [1.807, 2.05) is 6.92 Å². The molecule has 0 spiro atoms. The molecule has 0 radical (unpaired) electrons. The van der Waals surface area contributed by atoms with Gasteiger partial charge in [-0.1, -0.05) is 26.2 Å². The SMILES string of the molecule is CCC(C)NC(=O)CCNC1CCCCCC1C#N. The summed E-state index contributed by atoms with van der Waals surface area (Å²) >= 11 is 0. The smallest absolute Gasteiger partial charge is 0.221 e. The molecule has 0 aliphatic heterocycles. The molecule has 1 amide bonds. The van der Waals surface area contributed by atoms with E-state index >= 15 is 0 Å². The van der Waals surface area contributed by atoms with Gasteiger partial charge in [0.15, 0.2) is 0 Å². The van der Waals surface area contributed by atoms with Crippen LogP contribution in [-0.2, 0) is 4.79 Å². The van der Waals surface area contributed by atoms with Crippen molar-refractivity contribution < 1.29 is 4.79 Å². The summed E-state index contributed by atoms with van der Waals surface area (Å²) in [6.07, 6.45) is 7.08. The Morgan fingerprint density at radius 2 is 2.11 bits per heavy atom. The minimum atomic E-state index is 0.101. The Kier molecular flexibility index (Phi) is 7.50. The number of nitrogens with one attached hydrogen (secondary N) is 2. The van der Waals surface area contributed by atoms with Crippen molar-refractivity contribution in [3.05, 3.63) is 0 Å². The zero-order valence-electron chi connectivity index (χ0n) is 12.2. The van der Waals surface area contributed by atoms with Crippen molar-refractivity contribution in [2.45, 2.75) is 70.9 Å². The molecule has 4 nitrogen and oxygen atoms in total. The predicted octanol–water partition coefficient (Wildman–Crippen LogP) is 2.35. The van der Waals surface area contributed by atoms with Crippen molar-refractivity contribution in [1.82, 2.24) is 10.6 Å². The van der Waals surface area contributed by atoms with Crippen LogP contribution in [0.4, 0.5) is 0 Å². The number of carbonyl (C=O) groups is 1. The lowest BCUT2D eigenvalue weighted by molar-refractivity contribution is -0.121. The molecule has 0 aromatic heterocycles. The normalized spacial score (nSPS) is 25.1. The first-order valence-electron chi connectivity index (χ1n) is 7.59. The van der Waals surface area contributed by atoms with Gasteiger partial charge in [-0.3, -0.25) is 4.79 Å². The van der Waals surface area contributed by atoms with E-state index in [9.17, 15) is 10.1 Å². The third-order valence-corrected chi connectivity index (χ3v) is 3.96. The second-order valence-corrected chi connectivity index (χ2v) is 5.56. The standard InChI is InChI=1S/C15H27N3O/c1-3-12(2)18-15(19)9-10-17-14-8-6-4-5-7-13(14)11-16/h12-14,17H,3-10H2,1-2H3,(H,18,19). The average Bonchev–Trinajstić information content (AvgIpc) is 2.63. The summed E-state index contributed by atoms with van der Waals surface area (Å²) in [5, 5.41) is 15.5. The minimum Gasteiger partial charge on any atom is -0.354 e. The van der Waals surface area contributed by atoms with Gasteiger partial charge in [-0.05, 0) is 26.2 Å². The summed E-state index contributed by atoms with van der Waals surface area (Å²) in [5.74, 6) is 0.212. The highest BCUT2D eigenvalue weighted by Crippen LogP contribution is 2.22. The van der Waals surface area contributed by atoms with Crippen LogP contribution in [0, 0.1) is 17.2 Å². The molecule has 0 heterocycles. The van der Waals surface area contributed by atoms with E-state index in [-0.39, 0.29) is 23.9 Å². The summed E-state index contributed by atoms with van der Waals surface area (Å²) in [6.45, 7) is 4.75. The number of hydrogen-bond acceptors (Lipinski definition) is 3. The van der Waals surface area contributed by atoms with Crippen LogP contribution in [0.15, 0.2) is 0 Å². The second kappa shape index (κ2) is 8.92. The first-order valence-corrected chi connectivity index (χ1v) is 7.59. The van der Waals surface area contributed by atoms with Gasteiger partial charge in [-0.25, -0.2) is 0 Å². The van der Waals surface area contributed by atoms with Crippen LogP contribution in [0.1, 0.15) is 58.8 Å². The van der Waals surface area contributed by atoms with E-state index in [4.69, 9.17) is 0 Å². The van der Waals surface area contributed by atoms with Crippen LogP contribution in [0.2, 0.25) is 0 Å². The van der Waals surface area contributed by atoms with E-state index < -0.39 is 0 Å². The fourth-order valence-electron chi connectivity index (χ4n) is 2.53. The molecule has 4 heteroatoms. The number of nitrogens with zero attached hydrogens (tertiary/aromatic N) is 1. The third kappa shape index (κ3) is 6.07. The largest absolute Gasteiger partial charge is 0.354 e. The molecule has 108 valence electrons. The zero-order valence-corrected chi connectivity index (χ0v) is 12.2. The van der Waals surface area contributed by atoms with E-state index in [1.54, 1.807) is 0 Å². The van der Waals surface area contributed by atoms with E-state index in [0.29, 0.717) is 13.0 Å². The molecule has 1 saturated carbocycles. The first kappa shape index (κ1) is 16.0. The summed E-state index contributed by atoms with van der Waals surface area (Å²) in [5.41, 5.74) is 0. The van der Waals surface area contributed by atoms with E-state index in [0.717, 1.165) is 25.7 Å². The van der Waals surface area contributed by atoms with Gasteiger partial charge in [0.2, 0.25) is 5.91 Å². The molecule has 1 aliphatic carbocycles. The summed E-state index contributed by atoms with van der Waals surface area (Å²) in [6, 6.07) is 2.93. The molecule has 2 N–H and O–H groups in total. The molecular weight excluding hydrogens is 238 g/mol. The maximum absolute atomic E-state index is 11.7. The lowest BCUT2D eigenvalue weighted by Crippen LogP contribution is -2.39. The van der Waals surface area contributed by atoms with Crippen LogP contribution < -0.4 is 10.6 Å². The molecule has 1 rings (SSSR count). The van der Waals surface area contributed by atoms with Crippen LogP contribution >= 0.6 is 0 Å². The Balaban J connectivity index is 2.26. The maximum atomic E-state index is 11.7. The molecule has 0 aromatic rings. The Hall–Kier alpha value is -1.08. The third-order valence-electron chi connectivity index (χ3n) is 3.96. The number of amides is 1. The predicted molar refractivity (Wildman–Crippen MR) is 76.5 cm³/mol. The van der Waals surface area contributed by atoms with E-state index in [2.05, 4.69) is 23.6 Å². The van der Waals surface area contributed by atoms with Gasteiger partial charge in [0.25, 0.3) is 0 Å². The Morgan fingerprint density at radius 1 is 1.37 bits per heavy atom. The van der Waals surface area contributed by atoms with Gasteiger partial charge in [-0.2, -0.15) is 5.26 Å². The summed E-state index contributed by atoms with van der Waals surface area (Å²) in [7, 11) is 0. The van der Waals surface area contributed by atoms with Gasteiger partial charge in [0.1, 0.15) is 0 Å². The molecule has 0 saturated heterocycles. The maximum Gasteiger partial charge on any atom is 0.221 e. The lowest BCUT2D eigenvalue weighted by atomic mass is 9.96. The van der Waals surface area contributed by atoms with Crippen LogP contribution in [-0.4, -0.2) is 24.5 Å². The van der Waals surface area contributed by atoms with Crippen molar-refractivity contribution in [3.63, 3.8) is 0 Å². The highest BCUT2D eigenvalue weighted by atomic mass is 16.1. The van der Waals surface area contributed by atoms with Crippen molar-refractivity contribution in [1.29, 1.82) is 5.26 Å². The molecule has 1 fully saturated rings. The molecule has 19 heavy (non-hydrogen) atoms. The summed E-state index contributed by atoms with van der Waals surface area (Å²) < 4.78 is 0. The van der Waals surface area contributed by atoms with Crippen LogP contribution in [0.5, 0.6) is 0 Å². The lowest BCUT2D eigenvalue weighted by Gasteiger charge is -2.21. The van der Waals surface area contributed by atoms with Gasteiger partial charge in [-0.15, -0.1) is 0 Å². The average molecular weight is 265 g/mol. The molecule has 3 atom stereocenters. The molecule has 0 aromatic carbocycles.